The zero-order valence-electron chi connectivity index (χ0n) is 20.2. The second-order valence-electron chi connectivity index (χ2n) is 9.30. The van der Waals surface area contributed by atoms with Gasteiger partial charge in [-0.15, -0.1) is 0 Å². The third-order valence-electron chi connectivity index (χ3n) is 7.04. The van der Waals surface area contributed by atoms with Gasteiger partial charge in [0.1, 0.15) is 11.8 Å². The fourth-order valence-electron chi connectivity index (χ4n) is 5.12. The molecule has 5 rings (SSSR count). The van der Waals surface area contributed by atoms with Crippen LogP contribution < -0.4 is 15.8 Å². The highest BCUT2D eigenvalue weighted by atomic mass is 16.5. The molecule has 10 heteroatoms. The number of aromatic nitrogens is 4. The van der Waals surface area contributed by atoms with Crippen molar-refractivity contribution < 1.29 is 14.3 Å². The first-order valence-electron chi connectivity index (χ1n) is 12.4. The van der Waals surface area contributed by atoms with Crippen molar-refractivity contribution >= 4 is 17.2 Å². The third kappa shape index (κ3) is 5.23. The third-order valence-corrected chi connectivity index (χ3v) is 7.04. The number of likely N-dealkylation sites (tertiary alicyclic amines) is 1. The number of fused-ring (bicyclic) bond motifs is 1. The molecule has 0 radical (unpaired) electrons. The molecule has 2 aliphatic rings. The van der Waals surface area contributed by atoms with E-state index in [0.717, 1.165) is 50.1 Å². The highest BCUT2D eigenvalue weighted by Gasteiger charge is 2.26. The van der Waals surface area contributed by atoms with Gasteiger partial charge in [-0.3, -0.25) is 4.79 Å². The maximum absolute atomic E-state index is 13.3. The number of methoxy groups -OCH3 is 1. The van der Waals surface area contributed by atoms with E-state index in [9.17, 15) is 4.79 Å². The summed E-state index contributed by atoms with van der Waals surface area (Å²) in [5.74, 6) is 0.562. The summed E-state index contributed by atoms with van der Waals surface area (Å²) in [5, 5.41) is 7.55. The van der Waals surface area contributed by atoms with Gasteiger partial charge in [-0.2, -0.15) is 5.10 Å². The largest absolute Gasteiger partial charge is 0.481 e. The molecule has 0 spiro atoms. The number of carbonyl (C=O) groups excluding carboxylic acids is 1. The van der Waals surface area contributed by atoms with E-state index in [1.165, 1.54) is 32.3 Å². The van der Waals surface area contributed by atoms with Crippen LogP contribution in [-0.2, 0) is 4.74 Å². The van der Waals surface area contributed by atoms with Crippen molar-refractivity contribution in [1.82, 2.24) is 29.8 Å². The van der Waals surface area contributed by atoms with Crippen molar-refractivity contribution in [1.29, 1.82) is 0 Å². The van der Waals surface area contributed by atoms with Gasteiger partial charge in [-0.05, 0) is 63.7 Å². The molecule has 1 aliphatic heterocycles. The van der Waals surface area contributed by atoms with Crippen LogP contribution in [0.2, 0.25) is 0 Å². The molecule has 3 aromatic heterocycles. The molecular weight excluding hydrogens is 446 g/mol. The van der Waals surface area contributed by atoms with Crippen LogP contribution in [0.3, 0.4) is 0 Å². The molecular formula is C25H33N7O3. The monoisotopic (exact) mass is 479 g/mol. The van der Waals surface area contributed by atoms with Crippen molar-refractivity contribution in [3.63, 3.8) is 0 Å². The van der Waals surface area contributed by atoms with Crippen molar-refractivity contribution in [2.24, 2.45) is 0 Å². The maximum Gasteiger partial charge on any atom is 0.253 e. The van der Waals surface area contributed by atoms with Crippen LogP contribution >= 0.6 is 0 Å². The summed E-state index contributed by atoms with van der Waals surface area (Å²) in [7, 11) is 1.56. The van der Waals surface area contributed by atoms with E-state index in [2.05, 4.69) is 25.3 Å². The predicted octanol–water partition coefficient (Wildman–Crippen LogP) is 2.54. The van der Waals surface area contributed by atoms with Gasteiger partial charge in [0.05, 0.1) is 31.1 Å². The SMILES string of the molecule is COc1cc(-c2cc(C(=O)N[C@H]3CC[C@H](OCCN4CCCC4)CC3)c3c(N)ncnn23)ccn1. The van der Waals surface area contributed by atoms with E-state index < -0.39 is 0 Å². The van der Waals surface area contributed by atoms with Crippen LogP contribution in [0.4, 0.5) is 5.82 Å². The quantitative estimate of drug-likeness (QED) is 0.506. The van der Waals surface area contributed by atoms with E-state index in [4.69, 9.17) is 15.2 Å². The number of hydrogen-bond acceptors (Lipinski definition) is 8. The summed E-state index contributed by atoms with van der Waals surface area (Å²) in [6.07, 6.45) is 9.62. The lowest BCUT2D eigenvalue weighted by Gasteiger charge is -2.29. The second kappa shape index (κ2) is 10.6. The summed E-state index contributed by atoms with van der Waals surface area (Å²) in [5.41, 5.74) is 8.66. The van der Waals surface area contributed by atoms with E-state index in [-0.39, 0.29) is 23.9 Å². The molecule has 1 saturated heterocycles. The highest BCUT2D eigenvalue weighted by Crippen LogP contribution is 2.30. The Morgan fingerprint density at radius 1 is 1.17 bits per heavy atom. The molecule has 186 valence electrons. The number of ether oxygens (including phenoxy) is 2. The molecule has 1 aliphatic carbocycles. The normalized spacial score (nSPS) is 20.8. The number of pyridine rings is 1. The fourth-order valence-corrected chi connectivity index (χ4v) is 5.12. The molecule has 2 fully saturated rings. The Morgan fingerprint density at radius 2 is 1.97 bits per heavy atom. The van der Waals surface area contributed by atoms with E-state index in [1.54, 1.807) is 30.0 Å². The van der Waals surface area contributed by atoms with Crippen molar-refractivity contribution in [2.45, 2.75) is 50.7 Å². The Morgan fingerprint density at radius 3 is 2.74 bits per heavy atom. The van der Waals surface area contributed by atoms with Crippen LogP contribution in [-0.4, -0.2) is 75.9 Å². The molecule has 10 nitrogen and oxygen atoms in total. The Balaban J connectivity index is 1.25. The van der Waals surface area contributed by atoms with Crippen LogP contribution in [0.1, 0.15) is 48.9 Å². The van der Waals surface area contributed by atoms with E-state index in [1.807, 2.05) is 6.07 Å². The Hall–Kier alpha value is -3.24. The summed E-state index contributed by atoms with van der Waals surface area (Å²) >= 11 is 0. The summed E-state index contributed by atoms with van der Waals surface area (Å²) in [4.78, 5) is 24.1. The minimum Gasteiger partial charge on any atom is -0.481 e. The molecule has 0 bridgehead atoms. The fraction of sp³-hybridized carbons (Fsp3) is 0.520. The predicted molar refractivity (Wildman–Crippen MR) is 132 cm³/mol. The van der Waals surface area contributed by atoms with Crippen LogP contribution in [0.25, 0.3) is 16.8 Å². The average Bonchev–Trinajstić information content (AvgIpc) is 3.54. The van der Waals surface area contributed by atoms with Gasteiger partial charge in [0, 0.05) is 30.4 Å². The molecule has 3 aromatic rings. The standard InChI is InChI=1S/C25H33N7O3/c1-34-22-14-17(8-9-27-22)21-15-20(23-24(26)28-16-29-32(21)23)25(33)30-18-4-6-19(7-5-18)35-13-12-31-10-2-3-11-31/h8-9,14-16,18-19H,2-7,10-13H2,1H3,(H,30,33)(H2,26,28,29)/t18-,19-. The lowest BCUT2D eigenvalue weighted by atomic mass is 9.92. The lowest BCUT2D eigenvalue weighted by Crippen LogP contribution is -2.39. The van der Waals surface area contributed by atoms with Gasteiger partial charge in [0.15, 0.2) is 5.82 Å². The Kier molecular flexibility index (Phi) is 7.10. The van der Waals surface area contributed by atoms with Crippen molar-refractivity contribution in [2.75, 3.05) is 39.1 Å². The van der Waals surface area contributed by atoms with Crippen molar-refractivity contribution in [3.8, 4) is 17.1 Å². The molecule has 0 atom stereocenters. The molecule has 0 unspecified atom stereocenters. The summed E-state index contributed by atoms with van der Waals surface area (Å²) in [6.45, 7) is 4.21. The van der Waals surface area contributed by atoms with Crippen molar-refractivity contribution in [3.05, 3.63) is 36.3 Å². The van der Waals surface area contributed by atoms with Gasteiger partial charge in [0.25, 0.3) is 5.91 Å². The zero-order valence-corrected chi connectivity index (χ0v) is 20.2. The molecule has 35 heavy (non-hydrogen) atoms. The first-order chi connectivity index (χ1) is 17.1. The first-order valence-corrected chi connectivity index (χ1v) is 12.4. The van der Waals surface area contributed by atoms with E-state index >= 15 is 0 Å². The number of amides is 1. The number of rotatable bonds is 8. The Labute approximate surface area is 204 Å². The average molecular weight is 480 g/mol. The number of carbonyl (C=O) groups is 1. The number of nitrogen functional groups attached to an aromatic ring is 1. The van der Waals surface area contributed by atoms with Gasteiger partial charge in [-0.1, -0.05) is 0 Å². The van der Waals surface area contributed by atoms with E-state index in [0.29, 0.717) is 17.0 Å². The topological polar surface area (TPSA) is 120 Å². The molecule has 1 saturated carbocycles. The minimum atomic E-state index is -0.172. The molecule has 1 amide bonds. The zero-order chi connectivity index (χ0) is 24.2. The number of nitrogens with two attached hydrogens (primary N) is 1. The Bertz CT molecular complexity index is 1170. The highest BCUT2D eigenvalue weighted by molar-refractivity contribution is 6.05. The van der Waals surface area contributed by atoms with Crippen LogP contribution in [0.5, 0.6) is 5.88 Å². The second-order valence-corrected chi connectivity index (χ2v) is 9.30. The van der Waals surface area contributed by atoms with Crippen LogP contribution in [0.15, 0.2) is 30.7 Å². The molecule has 0 aromatic carbocycles. The van der Waals surface area contributed by atoms with Gasteiger partial charge in [-0.25, -0.2) is 14.5 Å². The molecule has 3 N–H and O–H groups in total. The number of nitrogens with one attached hydrogen (secondary N) is 1. The van der Waals surface area contributed by atoms with Crippen LogP contribution in [0, 0.1) is 0 Å². The van der Waals surface area contributed by atoms with Gasteiger partial charge >= 0.3 is 0 Å². The number of anilines is 1. The minimum absolute atomic E-state index is 0.103. The lowest BCUT2D eigenvalue weighted by molar-refractivity contribution is 0.0135. The summed E-state index contributed by atoms with van der Waals surface area (Å²) in [6, 6.07) is 5.55. The number of nitrogens with zero attached hydrogens (tertiary/aromatic N) is 5. The smallest absolute Gasteiger partial charge is 0.253 e. The number of hydrogen-bond donors (Lipinski definition) is 2. The summed E-state index contributed by atoms with van der Waals surface area (Å²) < 4.78 is 13.0. The van der Waals surface area contributed by atoms with Gasteiger partial charge in [0.2, 0.25) is 5.88 Å². The maximum atomic E-state index is 13.3. The van der Waals surface area contributed by atoms with Gasteiger partial charge < -0.3 is 25.4 Å². The molecule has 4 heterocycles. The first kappa shape index (κ1) is 23.5.